The Morgan fingerprint density at radius 1 is 0.938 bits per heavy atom. The van der Waals surface area contributed by atoms with E-state index in [4.69, 9.17) is 0 Å². The predicted octanol–water partition coefficient (Wildman–Crippen LogP) is 6.29. The number of nitrogens with one attached hydrogen (secondary N) is 1. The monoisotopic (exact) mass is 513 g/mol. The van der Waals surface area contributed by atoms with E-state index in [1.807, 2.05) is 66.4 Å². The molecule has 0 saturated heterocycles. The highest BCUT2D eigenvalue weighted by Gasteiger charge is 2.22. The summed E-state index contributed by atoms with van der Waals surface area (Å²) in [5.41, 5.74) is 1.76. The molecule has 0 aliphatic carbocycles. The number of carbonyl (C=O) groups excluding carboxylic acids is 2. The molecule has 2 aromatic carbocycles. The van der Waals surface area contributed by atoms with Crippen molar-refractivity contribution in [3.63, 3.8) is 0 Å². The number of rotatable bonds is 9. The van der Waals surface area contributed by atoms with Gasteiger partial charge in [0.15, 0.2) is 0 Å². The highest BCUT2D eigenvalue weighted by molar-refractivity contribution is 9.10. The molecule has 0 fully saturated rings. The first-order chi connectivity index (χ1) is 15.4. The van der Waals surface area contributed by atoms with Gasteiger partial charge in [0.05, 0.1) is 6.54 Å². The van der Waals surface area contributed by atoms with Crippen LogP contribution in [0.3, 0.4) is 0 Å². The Kier molecular flexibility index (Phi) is 8.88. The fourth-order valence-corrected chi connectivity index (χ4v) is 4.49. The number of benzene rings is 2. The van der Waals surface area contributed by atoms with Crippen LogP contribution in [-0.2, 0) is 17.9 Å². The van der Waals surface area contributed by atoms with Crippen LogP contribution in [0.2, 0.25) is 0 Å². The summed E-state index contributed by atoms with van der Waals surface area (Å²) < 4.78 is 0.941. The molecule has 1 N–H and O–H groups in total. The van der Waals surface area contributed by atoms with E-state index in [9.17, 15) is 9.59 Å². The molecule has 0 aliphatic heterocycles. The minimum atomic E-state index is -0.269. The van der Waals surface area contributed by atoms with E-state index in [0.717, 1.165) is 21.3 Å². The first kappa shape index (κ1) is 24.0. The van der Waals surface area contributed by atoms with Gasteiger partial charge in [0, 0.05) is 33.0 Å². The van der Waals surface area contributed by atoms with Crippen molar-refractivity contribution in [3.8, 4) is 0 Å². The summed E-state index contributed by atoms with van der Waals surface area (Å²) in [6.45, 7) is 5.64. The highest BCUT2D eigenvalue weighted by atomic mass is 79.9. The van der Waals surface area contributed by atoms with Crippen LogP contribution in [0.5, 0.6) is 0 Å². The molecule has 0 spiro atoms. The number of nitrogens with zero attached hydrogens (tertiary/aromatic N) is 2. The lowest BCUT2D eigenvalue weighted by atomic mass is 10.2. The number of anilines is 1. The molecule has 0 unspecified atom stereocenters. The van der Waals surface area contributed by atoms with E-state index < -0.39 is 0 Å². The summed E-state index contributed by atoms with van der Waals surface area (Å²) in [6, 6.07) is 21.2. The van der Waals surface area contributed by atoms with Crippen LogP contribution in [0.4, 0.5) is 10.5 Å². The minimum absolute atomic E-state index is 0.0351. The van der Waals surface area contributed by atoms with Crippen molar-refractivity contribution in [2.45, 2.75) is 33.4 Å². The highest BCUT2D eigenvalue weighted by Crippen LogP contribution is 2.19. The Hall–Kier alpha value is -2.64. The lowest BCUT2D eigenvalue weighted by molar-refractivity contribution is -0.133. The predicted molar refractivity (Wildman–Crippen MR) is 135 cm³/mol. The van der Waals surface area contributed by atoms with Crippen molar-refractivity contribution < 1.29 is 9.59 Å². The zero-order valence-corrected chi connectivity index (χ0v) is 20.8. The second-order valence-electron chi connectivity index (χ2n) is 7.61. The van der Waals surface area contributed by atoms with Crippen molar-refractivity contribution in [2.75, 3.05) is 18.4 Å². The van der Waals surface area contributed by atoms with Crippen molar-refractivity contribution in [2.24, 2.45) is 0 Å². The molecule has 0 radical (unpaired) electrons. The zero-order valence-electron chi connectivity index (χ0n) is 18.4. The van der Waals surface area contributed by atoms with Gasteiger partial charge in [-0.2, -0.15) is 0 Å². The van der Waals surface area contributed by atoms with Gasteiger partial charge in [-0.3, -0.25) is 4.79 Å². The Labute approximate surface area is 202 Å². The van der Waals surface area contributed by atoms with Gasteiger partial charge >= 0.3 is 6.03 Å². The van der Waals surface area contributed by atoms with Crippen LogP contribution >= 0.6 is 27.3 Å². The zero-order chi connectivity index (χ0) is 22.9. The Balaban J connectivity index is 1.72. The topological polar surface area (TPSA) is 52.7 Å². The molecule has 1 aromatic heterocycles. The Bertz CT molecular complexity index is 1020. The van der Waals surface area contributed by atoms with Gasteiger partial charge in [-0.15, -0.1) is 11.3 Å². The standard InChI is InChI=1S/C25H28BrN3O2S/c1-3-15-28(25(31)27-22-12-10-21(26)11-13-22)18-24(30)29(16-20-7-5-4-6-8-20)17-23-14-9-19(2)32-23/h4-14H,3,15-18H2,1-2H3,(H,27,31). The normalized spacial score (nSPS) is 10.6. The maximum atomic E-state index is 13.3. The van der Waals surface area contributed by atoms with Crippen LogP contribution in [0.25, 0.3) is 0 Å². The van der Waals surface area contributed by atoms with Crippen LogP contribution in [-0.4, -0.2) is 34.8 Å². The van der Waals surface area contributed by atoms with Crippen LogP contribution in [0.15, 0.2) is 71.2 Å². The van der Waals surface area contributed by atoms with Gasteiger partial charge in [-0.25, -0.2) is 4.79 Å². The molecule has 3 aromatic rings. The molecule has 3 rings (SSSR count). The second kappa shape index (κ2) is 11.8. The fourth-order valence-electron chi connectivity index (χ4n) is 3.32. The Morgan fingerprint density at radius 2 is 1.66 bits per heavy atom. The summed E-state index contributed by atoms with van der Waals surface area (Å²) in [7, 11) is 0. The summed E-state index contributed by atoms with van der Waals surface area (Å²) >= 11 is 5.09. The van der Waals surface area contributed by atoms with Crippen molar-refractivity contribution in [3.05, 3.63) is 86.5 Å². The largest absolute Gasteiger partial charge is 0.332 e. The minimum Gasteiger partial charge on any atom is -0.332 e. The van der Waals surface area contributed by atoms with E-state index in [1.165, 1.54) is 4.88 Å². The molecule has 3 amide bonds. The smallest absolute Gasteiger partial charge is 0.322 e. The average Bonchev–Trinajstić information content (AvgIpc) is 3.20. The number of amides is 3. The van der Waals surface area contributed by atoms with Gasteiger partial charge in [0.25, 0.3) is 0 Å². The van der Waals surface area contributed by atoms with E-state index in [2.05, 4.69) is 40.3 Å². The molecule has 5 nitrogen and oxygen atoms in total. The Morgan fingerprint density at radius 3 is 2.28 bits per heavy atom. The molecular formula is C25H28BrN3O2S. The first-order valence-electron chi connectivity index (χ1n) is 10.6. The van der Waals surface area contributed by atoms with Gasteiger partial charge in [-0.1, -0.05) is 53.2 Å². The third-order valence-corrected chi connectivity index (χ3v) is 6.43. The number of halogens is 1. The van der Waals surface area contributed by atoms with Crippen molar-refractivity contribution in [1.82, 2.24) is 9.80 Å². The number of aryl methyl sites for hydroxylation is 1. The van der Waals surface area contributed by atoms with E-state index >= 15 is 0 Å². The quantitative estimate of drug-likeness (QED) is 0.365. The summed E-state index contributed by atoms with van der Waals surface area (Å²) in [4.78, 5) is 32.0. The van der Waals surface area contributed by atoms with Crippen molar-refractivity contribution >= 4 is 44.9 Å². The average molecular weight is 514 g/mol. The SMILES string of the molecule is CCCN(CC(=O)N(Cc1ccccc1)Cc1ccc(C)s1)C(=O)Nc1ccc(Br)cc1. The maximum Gasteiger partial charge on any atom is 0.322 e. The lowest BCUT2D eigenvalue weighted by Crippen LogP contribution is -2.44. The van der Waals surface area contributed by atoms with Crippen LogP contribution in [0, 0.1) is 6.92 Å². The third-order valence-electron chi connectivity index (χ3n) is 4.91. The summed E-state index contributed by atoms with van der Waals surface area (Å²) in [5, 5.41) is 2.90. The fraction of sp³-hybridized carbons (Fsp3) is 0.280. The molecule has 7 heteroatoms. The van der Waals surface area contributed by atoms with Crippen molar-refractivity contribution in [1.29, 1.82) is 0 Å². The molecule has 0 aliphatic rings. The molecule has 32 heavy (non-hydrogen) atoms. The number of thiophene rings is 1. The van der Waals surface area contributed by atoms with Crippen LogP contribution in [0.1, 0.15) is 28.7 Å². The summed E-state index contributed by atoms with van der Waals surface area (Å²) in [5.74, 6) is -0.0701. The van der Waals surface area contributed by atoms with E-state index in [1.54, 1.807) is 16.2 Å². The number of urea groups is 1. The molecule has 1 heterocycles. The molecule has 168 valence electrons. The van der Waals surface area contributed by atoms with Gasteiger partial charge in [0.2, 0.25) is 5.91 Å². The molecule has 0 saturated carbocycles. The van der Waals surface area contributed by atoms with E-state index in [-0.39, 0.29) is 18.5 Å². The first-order valence-corrected chi connectivity index (χ1v) is 12.2. The van der Waals surface area contributed by atoms with Gasteiger partial charge in [0.1, 0.15) is 6.54 Å². The van der Waals surface area contributed by atoms with E-state index in [0.29, 0.717) is 25.3 Å². The maximum absolute atomic E-state index is 13.3. The van der Waals surface area contributed by atoms with Crippen LogP contribution < -0.4 is 5.32 Å². The lowest BCUT2D eigenvalue weighted by Gasteiger charge is -2.27. The number of hydrogen-bond donors (Lipinski definition) is 1. The summed E-state index contributed by atoms with van der Waals surface area (Å²) in [6.07, 6.45) is 0.768. The molecular weight excluding hydrogens is 486 g/mol. The molecule has 0 bridgehead atoms. The number of hydrogen-bond acceptors (Lipinski definition) is 3. The van der Waals surface area contributed by atoms with Gasteiger partial charge < -0.3 is 15.1 Å². The van der Waals surface area contributed by atoms with Gasteiger partial charge in [-0.05, 0) is 55.3 Å². The third kappa shape index (κ3) is 7.21. The molecule has 0 atom stereocenters. The second-order valence-corrected chi connectivity index (χ2v) is 9.89. The number of carbonyl (C=O) groups is 2.